The van der Waals surface area contributed by atoms with E-state index in [0.717, 1.165) is 44.9 Å². The number of nitrogens with zero attached hydrogens (tertiary/aromatic N) is 1. The Bertz CT molecular complexity index is 453. The molecule has 0 saturated carbocycles. The summed E-state index contributed by atoms with van der Waals surface area (Å²) in [6, 6.07) is 0. The maximum atomic E-state index is 12.2. The standard InChI is InChI=1S/C18H29NO3/c1-3-4-5-9-12-14-17(21)19-16(18(14,2)22)15(20)13-10-7-6-8-11-13/h7,10,13-15,20,22H,3-6,8-9,11-12H2,1-2H3. The smallest absolute Gasteiger partial charge is 0.252 e. The number of rotatable bonds is 7. The quantitative estimate of drug-likeness (QED) is 0.561. The van der Waals surface area contributed by atoms with Crippen molar-refractivity contribution in [3.63, 3.8) is 0 Å². The van der Waals surface area contributed by atoms with E-state index in [9.17, 15) is 15.0 Å². The van der Waals surface area contributed by atoms with Crippen LogP contribution < -0.4 is 0 Å². The number of aliphatic imine (C=N–C) groups is 1. The first-order valence-electron chi connectivity index (χ1n) is 8.68. The maximum absolute atomic E-state index is 12.2. The molecular formula is C18H29NO3. The van der Waals surface area contributed by atoms with Crippen LogP contribution in [0.1, 0.15) is 65.2 Å². The van der Waals surface area contributed by atoms with Crippen LogP contribution in [0.15, 0.2) is 17.1 Å². The molecule has 124 valence electrons. The fraction of sp³-hybridized carbons (Fsp3) is 0.778. The van der Waals surface area contributed by atoms with Gasteiger partial charge in [0.2, 0.25) is 0 Å². The molecule has 0 radical (unpaired) electrons. The third kappa shape index (κ3) is 3.66. The number of carbonyl (C=O) groups is 1. The van der Waals surface area contributed by atoms with Gasteiger partial charge in [0.25, 0.3) is 5.91 Å². The van der Waals surface area contributed by atoms with Crippen molar-refractivity contribution < 1.29 is 15.0 Å². The Labute approximate surface area is 133 Å². The second-order valence-electron chi connectivity index (χ2n) is 6.85. The lowest BCUT2D eigenvalue weighted by Gasteiger charge is -2.31. The minimum atomic E-state index is -1.31. The van der Waals surface area contributed by atoms with E-state index in [0.29, 0.717) is 6.42 Å². The lowest BCUT2D eigenvalue weighted by Crippen LogP contribution is -2.47. The number of unbranched alkanes of at least 4 members (excludes halogenated alkanes) is 3. The molecular weight excluding hydrogens is 278 g/mol. The van der Waals surface area contributed by atoms with Crippen molar-refractivity contribution in [2.45, 2.75) is 76.9 Å². The summed E-state index contributed by atoms with van der Waals surface area (Å²) in [6.45, 7) is 3.78. The molecule has 2 rings (SSSR count). The fourth-order valence-electron chi connectivity index (χ4n) is 3.58. The number of hydrogen-bond donors (Lipinski definition) is 2. The molecule has 0 aromatic carbocycles. The average molecular weight is 307 g/mol. The normalized spacial score (nSPS) is 33.1. The van der Waals surface area contributed by atoms with E-state index in [1.165, 1.54) is 0 Å². The Morgan fingerprint density at radius 1 is 1.41 bits per heavy atom. The number of hydrogen-bond acceptors (Lipinski definition) is 3. The summed E-state index contributed by atoms with van der Waals surface area (Å²) in [5, 5.41) is 21.4. The summed E-state index contributed by atoms with van der Waals surface area (Å²) in [6.07, 6.45) is 11.1. The predicted octanol–water partition coefficient (Wildman–Crippen LogP) is 3.02. The van der Waals surface area contributed by atoms with Gasteiger partial charge in [-0.25, -0.2) is 4.99 Å². The molecule has 4 unspecified atom stereocenters. The van der Waals surface area contributed by atoms with Gasteiger partial charge in [-0.05, 0) is 32.6 Å². The minimum Gasteiger partial charge on any atom is -0.386 e. The Morgan fingerprint density at radius 3 is 2.82 bits per heavy atom. The van der Waals surface area contributed by atoms with Crippen LogP contribution in [-0.2, 0) is 4.79 Å². The van der Waals surface area contributed by atoms with Crippen molar-refractivity contribution in [3.05, 3.63) is 12.2 Å². The van der Waals surface area contributed by atoms with E-state index in [1.807, 2.05) is 6.08 Å². The van der Waals surface area contributed by atoms with E-state index < -0.39 is 17.6 Å². The minimum absolute atomic E-state index is 0.0365. The summed E-state index contributed by atoms with van der Waals surface area (Å²) in [4.78, 5) is 16.2. The van der Waals surface area contributed by atoms with Gasteiger partial charge in [-0.15, -0.1) is 0 Å². The number of aliphatic hydroxyl groups is 2. The second-order valence-corrected chi connectivity index (χ2v) is 6.85. The van der Waals surface area contributed by atoms with Crippen LogP contribution in [0, 0.1) is 11.8 Å². The van der Waals surface area contributed by atoms with Crippen molar-refractivity contribution in [1.29, 1.82) is 0 Å². The number of allylic oxidation sites excluding steroid dienone is 1. The largest absolute Gasteiger partial charge is 0.386 e. The summed E-state index contributed by atoms with van der Waals surface area (Å²) in [7, 11) is 0. The molecule has 0 aromatic rings. The van der Waals surface area contributed by atoms with Crippen LogP contribution >= 0.6 is 0 Å². The molecule has 1 heterocycles. The van der Waals surface area contributed by atoms with Gasteiger partial charge in [0.15, 0.2) is 0 Å². The third-order valence-electron chi connectivity index (χ3n) is 5.05. The van der Waals surface area contributed by atoms with Gasteiger partial charge in [0.05, 0.1) is 11.6 Å². The zero-order valence-electron chi connectivity index (χ0n) is 13.8. The first-order valence-corrected chi connectivity index (χ1v) is 8.68. The van der Waals surface area contributed by atoms with Gasteiger partial charge < -0.3 is 10.2 Å². The number of amides is 1. The monoisotopic (exact) mass is 307 g/mol. The summed E-state index contributed by atoms with van der Waals surface area (Å²) in [5.41, 5.74) is -1.04. The Morgan fingerprint density at radius 2 is 2.18 bits per heavy atom. The summed E-state index contributed by atoms with van der Waals surface area (Å²) in [5.74, 6) is -0.803. The number of aliphatic hydroxyl groups excluding tert-OH is 1. The molecule has 4 atom stereocenters. The molecule has 22 heavy (non-hydrogen) atoms. The first-order chi connectivity index (χ1) is 10.5. The van der Waals surface area contributed by atoms with Crippen LogP contribution in [0.25, 0.3) is 0 Å². The lowest BCUT2D eigenvalue weighted by atomic mass is 9.78. The predicted molar refractivity (Wildman–Crippen MR) is 87.8 cm³/mol. The van der Waals surface area contributed by atoms with E-state index in [2.05, 4.69) is 18.0 Å². The summed E-state index contributed by atoms with van der Waals surface area (Å²) >= 11 is 0. The van der Waals surface area contributed by atoms with Gasteiger partial charge in [-0.1, -0.05) is 44.8 Å². The average Bonchev–Trinajstić information content (AvgIpc) is 2.74. The molecule has 0 spiro atoms. The van der Waals surface area contributed by atoms with E-state index in [1.54, 1.807) is 6.92 Å². The molecule has 2 aliphatic rings. The van der Waals surface area contributed by atoms with Gasteiger partial charge >= 0.3 is 0 Å². The topological polar surface area (TPSA) is 69.9 Å². The first kappa shape index (κ1) is 17.4. The van der Waals surface area contributed by atoms with E-state index in [-0.39, 0.29) is 17.5 Å². The van der Waals surface area contributed by atoms with Crippen molar-refractivity contribution in [2.24, 2.45) is 16.8 Å². The van der Waals surface area contributed by atoms with Gasteiger partial charge in [0.1, 0.15) is 11.7 Å². The van der Waals surface area contributed by atoms with Crippen molar-refractivity contribution in [3.8, 4) is 0 Å². The van der Waals surface area contributed by atoms with Gasteiger partial charge in [-0.2, -0.15) is 0 Å². The maximum Gasteiger partial charge on any atom is 0.252 e. The summed E-state index contributed by atoms with van der Waals surface area (Å²) < 4.78 is 0. The second kappa shape index (κ2) is 7.51. The zero-order valence-corrected chi connectivity index (χ0v) is 13.8. The SMILES string of the molecule is CCCCCCC1C(=O)N=C(C(O)C2C=CCCC2)C1(C)O. The van der Waals surface area contributed by atoms with Crippen LogP contribution in [0.4, 0.5) is 0 Å². The molecule has 1 aliphatic carbocycles. The molecule has 0 bridgehead atoms. The van der Waals surface area contributed by atoms with Crippen molar-refractivity contribution in [2.75, 3.05) is 0 Å². The van der Waals surface area contributed by atoms with Crippen LogP contribution in [0.2, 0.25) is 0 Å². The molecule has 1 aliphatic heterocycles. The van der Waals surface area contributed by atoms with Crippen LogP contribution in [0.3, 0.4) is 0 Å². The Kier molecular flexibility index (Phi) is 5.93. The highest BCUT2D eigenvalue weighted by molar-refractivity contribution is 6.11. The highest BCUT2D eigenvalue weighted by Gasteiger charge is 2.49. The lowest BCUT2D eigenvalue weighted by molar-refractivity contribution is -0.124. The zero-order chi connectivity index (χ0) is 16.2. The highest BCUT2D eigenvalue weighted by atomic mass is 16.3. The third-order valence-corrected chi connectivity index (χ3v) is 5.05. The van der Waals surface area contributed by atoms with Crippen molar-refractivity contribution >= 4 is 11.6 Å². The Balaban J connectivity index is 2.03. The molecule has 4 nitrogen and oxygen atoms in total. The molecule has 0 fully saturated rings. The highest BCUT2D eigenvalue weighted by Crippen LogP contribution is 2.35. The Hall–Kier alpha value is -1.00. The van der Waals surface area contributed by atoms with Gasteiger partial charge in [-0.3, -0.25) is 4.79 Å². The molecule has 0 aromatic heterocycles. The van der Waals surface area contributed by atoms with Crippen LogP contribution in [0.5, 0.6) is 0 Å². The van der Waals surface area contributed by atoms with E-state index in [4.69, 9.17) is 0 Å². The van der Waals surface area contributed by atoms with Crippen LogP contribution in [-0.4, -0.2) is 33.5 Å². The molecule has 0 saturated heterocycles. The number of carbonyl (C=O) groups excluding carboxylic acids is 1. The fourth-order valence-corrected chi connectivity index (χ4v) is 3.58. The molecule has 2 N–H and O–H groups in total. The van der Waals surface area contributed by atoms with E-state index >= 15 is 0 Å². The molecule has 4 heteroatoms. The van der Waals surface area contributed by atoms with Gasteiger partial charge in [0, 0.05) is 5.92 Å². The molecule has 1 amide bonds. The van der Waals surface area contributed by atoms with Crippen molar-refractivity contribution in [1.82, 2.24) is 0 Å².